The molecule has 1 amide bonds. The van der Waals surface area contributed by atoms with Crippen molar-refractivity contribution in [2.24, 2.45) is 0 Å². The van der Waals surface area contributed by atoms with Crippen molar-refractivity contribution < 1.29 is 4.79 Å². The minimum atomic E-state index is 0.194. The van der Waals surface area contributed by atoms with E-state index in [0.717, 1.165) is 40.7 Å². The van der Waals surface area contributed by atoms with Crippen LogP contribution in [0.1, 0.15) is 12.6 Å². The lowest BCUT2D eigenvalue weighted by molar-refractivity contribution is -0.132. The maximum atomic E-state index is 12.6. The molecule has 1 saturated heterocycles. The summed E-state index contributed by atoms with van der Waals surface area (Å²) in [5, 5.41) is 4.53. The van der Waals surface area contributed by atoms with Gasteiger partial charge in [-0.05, 0) is 35.8 Å². The molecule has 5 heteroatoms. The molecule has 0 spiro atoms. The molecule has 2 aromatic rings. The van der Waals surface area contributed by atoms with Gasteiger partial charge in [0, 0.05) is 46.7 Å². The lowest BCUT2D eigenvalue weighted by Gasteiger charge is -2.32. The van der Waals surface area contributed by atoms with Gasteiger partial charge in [0.05, 0.1) is 0 Å². The van der Waals surface area contributed by atoms with Crippen LogP contribution in [0.3, 0.4) is 0 Å². The summed E-state index contributed by atoms with van der Waals surface area (Å²) in [6.45, 7) is 7.04. The number of benzene rings is 1. The largest absolute Gasteiger partial charge is 0.338 e. The summed E-state index contributed by atoms with van der Waals surface area (Å²) in [4.78, 5) is 14.5. The van der Waals surface area contributed by atoms with Gasteiger partial charge in [-0.1, -0.05) is 18.2 Å². The number of nitrogens with one attached hydrogen (secondary N) is 1. The van der Waals surface area contributed by atoms with Crippen LogP contribution in [-0.4, -0.2) is 41.1 Å². The Kier molecular flexibility index (Phi) is 4.04. The maximum Gasteiger partial charge on any atom is 0.242 e. The number of halogens is 1. The van der Waals surface area contributed by atoms with Gasteiger partial charge in [0.2, 0.25) is 5.91 Å². The van der Waals surface area contributed by atoms with E-state index in [2.05, 4.69) is 51.8 Å². The smallest absolute Gasteiger partial charge is 0.242 e. The second-order valence-electron chi connectivity index (χ2n) is 5.70. The number of para-hydroxylation sites is 1. The van der Waals surface area contributed by atoms with Crippen LogP contribution in [0, 0.1) is 6.92 Å². The summed E-state index contributed by atoms with van der Waals surface area (Å²) in [5.74, 6) is 0.194. The van der Waals surface area contributed by atoms with Crippen LogP contribution >= 0.6 is 15.9 Å². The first-order valence-electron chi connectivity index (χ1n) is 7.32. The average Bonchev–Trinajstić information content (AvgIpc) is 2.73. The van der Waals surface area contributed by atoms with Crippen molar-refractivity contribution in [3.05, 3.63) is 34.4 Å². The van der Waals surface area contributed by atoms with E-state index in [0.29, 0.717) is 12.6 Å². The fraction of sp³-hybridized carbons (Fsp3) is 0.438. The first-order valence-corrected chi connectivity index (χ1v) is 8.11. The molecule has 21 heavy (non-hydrogen) atoms. The van der Waals surface area contributed by atoms with E-state index in [-0.39, 0.29) is 5.91 Å². The first kappa shape index (κ1) is 14.6. The fourth-order valence-corrected chi connectivity index (χ4v) is 3.54. The van der Waals surface area contributed by atoms with Crippen molar-refractivity contribution in [1.82, 2.24) is 14.8 Å². The second kappa shape index (κ2) is 5.81. The summed E-state index contributed by atoms with van der Waals surface area (Å²) in [5.41, 5.74) is 2.21. The molecule has 1 aromatic carbocycles. The van der Waals surface area contributed by atoms with E-state index < -0.39 is 0 Å². The Balaban J connectivity index is 1.88. The van der Waals surface area contributed by atoms with Crippen LogP contribution in [0.5, 0.6) is 0 Å². The topological polar surface area (TPSA) is 37.3 Å². The molecule has 1 fully saturated rings. The SMILES string of the molecule is Cc1c(Br)c2ccccc2n1CC(=O)N1CCN[C@H](C)C1. The molecule has 0 bridgehead atoms. The molecular formula is C16H20BrN3O. The van der Waals surface area contributed by atoms with Gasteiger partial charge in [-0.2, -0.15) is 0 Å². The molecule has 2 heterocycles. The number of carbonyl (C=O) groups is 1. The zero-order chi connectivity index (χ0) is 15.0. The Bertz CT molecular complexity index is 679. The van der Waals surface area contributed by atoms with Gasteiger partial charge in [0.15, 0.2) is 0 Å². The summed E-state index contributed by atoms with van der Waals surface area (Å²) < 4.78 is 3.19. The summed E-state index contributed by atoms with van der Waals surface area (Å²) in [6, 6.07) is 8.57. The molecule has 1 aliphatic rings. The third-order valence-electron chi connectivity index (χ3n) is 4.17. The fourth-order valence-electron chi connectivity index (χ4n) is 2.99. The molecule has 0 radical (unpaired) electrons. The molecule has 0 unspecified atom stereocenters. The number of hydrogen-bond donors (Lipinski definition) is 1. The molecule has 3 rings (SSSR count). The normalized spacial score (nSPS) is 19.2. The van der Waals surface area contributed by atoms with Crippen molar-refractivity contribution in [2.75, 3.05) is 19.6 Å². The number of nitrogens with zero attached hydrogens (tertiary/aromatic N) is 2. The van der Waals surface area contributed by atoms with Gasteiger partial charge in [0.1, 0.15) is 6.54 Å². The monoisotopic (exact) mass is 349 g/mol. The van der Waals surface area contributed by atoms with Crippen molar-refractivity contribution in [1.29, 1.82) is 0 Å². The molecule has 1 aliphatic heterocycles. The molecule has 0 saturated carbocycles. The molecule has 112 valence electrons. The summed E-state index contributed by atoms with van der Waals surface area (Å²) >= 11 is 3.64. The van der Waals surface area contributed by atoms with E-state index in [9.17, 15) is 4.79 Å². The van der Waals surface area contributed by atoms with Crippen LogP contribution in [-0.2, 0) is 11.3 Å². The Hall–Kier alpha value is -1.33. The molecular weight excluding hydrogens is 330 g/mol. The van der Waals surface area contributed by atoms with E-state index in [1.54, 1.807) is 0 Å². The lowest BCUT2D eigenvalue weighted by atomic mass is 10.2. The van der Waals surface area contributed by atoms with Gasteiger partial charge in [-0.3, -0.25) is 4.79 Å². The molecule has 1 N–H and O–H groups in total. The van der Waals surface area contributed by atoms with Gasteiger partial charge in [0.25, 0.3) is 0 Å². The number of carbonyl (C=O) groups excluding carboxylic acids is 1. The maximum absolute atomic E-state index is 12.6. The number of amides is 1. The number of rotatable bonds is 2. The van der Waals surface area contributed by atoms with Crippen molar-refractivity contribution >= 4 is 32.7 Å². The number of fused-ring (bicyclic) bond motifs is 1. The van der Waals surface area contributed by atoms with E-state index in [1.165, 1.54) is 0 Å². The minimum absolute atomic E-state index is 0.194. The Morgan fingerprint density at radius 2 is 2.19 bits per heavy atom. The predicted molar refractivity (Wildman–Crippen MR) is 88.4 cm³/mol. The highest BCUT2D eigenvalue weighted by Gasteiger charge is 2.22. The van der Waals surface area contributed by atoms with Crippen LogP contribution in [0.25, 0.3) is 10.9 Å². The van der Waals surface area contributed by atoms with E-state index in [1.807, 2.05) is 17.0 Å². The third-order valence-corrected chi connectivity index (χ3v) is 5.17. The Morgan fingerprint density at radius 1 is 1.43 bits per heavy atom. The highest BCUT2D eigenvalue weighted by Crippen LogP contribution is 2.30. The van der Waals surface area contributed by atoms with Crippen LogP contribution < -0.4 is 5.32 Å². The summed E-state index contributed by atoms with van der Waals surface area (Å²) in [7, 11) is 0. The average molecular weight is 350 g/mol. The van der Waals surface area contributed by atoms with Crippen LogP contribution in [0.15, 0.2) is 28.7 Å². The van der Waals surface area contributed by atoms with Crippen LogP contribution in [0.2, 0.25) is 0 Å². The highest BCUT2D eigenvalue weighted by molar-refractivity contribution is 9.10. The number of piperazine rings is 1. The first-order chi connectivity index (χ1) is 10.1. The Morgan fingerprint density at radius 3 is 2.95 bits per heavy atom. The zero-order valence-corrected chi connectivity index (χ0v) is 14.0. The minimum Gasteiger partial charge on any atom is -0.338 e. The van der Waals surface area contributed by atoms with Crippen molar-refractivity contribution in [3.8, 4) is 0 Å². The van der Waals surface area contributed by atoms with E-state index in [4.69, 9.17) is 0 Å². The van der Waals surface area contributed by atoms with Crippen molar-refractivity contribution in [2.45, 2.75) is 26.4 Å². The third kappa shape index (κ3) is 2.72. The molecule has 1 aromatic heterocycles. The summed E-state index contributed by atoms with van der Waals surface area (Å²) in [6.07, 6.45) is 0. The molecule has 1 atom stereocenters. The van der Waals surface area contributed by atoms with Gasteiger partial charge in [-0.15, -0.1) is 0 Å². The van der Waals surface area contributed by atoms with Gasteiger partial charge >= 0.3 is 0 Å². The standard InChI is InChI=1S/C16H20BrN3O/c1-11-9-19(8-7-18-11)15(21)10-20-12(2)16(17)13-5-3-4-6-14(13)20/h3-6,11,18H,7-10H2,1-2H3/t11-/m1/s1. The quantitative estimate of drug-likeness (QED) is 0.904. The zero-order valence-electron chi connectivity index (χ0n) is 12.4. The number of aromatic nitrogens is 1. The Labute approximate surface area is 133 Å². The molecule has 4 nitrogen and oxygen atoms in total. The predicted octanol–water partition coefficient (Wildman–Crippen LogP) is 2.53. The molecule has 0 aliphatic carbocycles. The number of hydrogen-bond acceptors (Lipinski definition) is 2. The van der Waals surface area contributed by atoms with Gasteiger partial charge in [-0.25, -0.2) is 0 Å². The van der Waals surface area contributed by atoms with E-state index >= 15 is 0 Å². The van der Waals surface area contributed by atoms with Gasteiger partial charge < -0.3 is 14.8 Å². The van der Waals surface area contributed by atoms with Crippen LogP contribution in [0.4, 0.5) is 0 Å². The second-order valence-corrected chi connectivity index (χ2v) is 6.49. The lowest BCUT2D eigenvalue weighted by Crippen LogP contribution is -2.52. The highest BCUT2D eigenvalue weighted by atomic mass is 79.9. The van der Waals surface area contributed by atoms with Crippen molar-refractivity contribution in [3.63, 3.8) is 0 Å².